The molecule has 4 nitrogen and oxygen atoms in total. The molecule has 3 aromatic heterocycles. The van der Waals surface area contributed by atoms with E-state index in [1.54, 1.807) is 11.3 Å². The van der Waals surface area contributed by atoms with Crippen molar-refractivity contribution in [3.05, 3.63) is 28.6 Å². The van der Waals surface area contributed by atoms with Gasteiger partial charge in [0, 0.05) is 14.1 Å². The highest BCUT2D eigenvalue weighted by atomic mass is 35.5. The predicted octanol–water partition coefficient (Wildman–Crippen LogP) is 3.41. The summed E-state index contributed by atoms with van der Waals surface area (Å²) in [6, 6.07) is 5.81. The average molecular weight is 279 g/mol. The van der Waals surface area contributed by atoms with Crippen molar-refractivity contribution in [1.29, 1.82) is 0 Å². The van der Waals surface area contributed by atoms with Crippen molar-refractivity contribution in [2.75, 3.05) is 19.0 Å². The van der Waals surface area contributed by atoms with Gasteiger partial charge in [-0.3, -0.25) is 0 Å². The normalized spacial score (nSPS) is 11.1. The number of halogens is 1. The number of H-pyrrole nitrogens is 1. The van der Waals surface area contributed by atoms with Gasteiger partial charge in [0.1, 0.15) is 5.82 Å². The van der Waals surface area contributed by atoms with Crippen LogP contribution in [0.3, 0.4) is 0 Å². The van der Waals surface area contributed by atoms with Crippen LogP contribution in [-0.2, 0) is 0 Å². The van der Waals surface area contributed by atoms with Gasteiger partial charge in [0.05, 0.1) is 15.4 Å². The minimum absolute atomic E-state index is 0.709. The van der Waals surface area contributed by atoms with E-state index in [2.05, 4.69) is 15.0 Å². The van der Waals surface area contributed by atoms with Crippen molar-refractivity contribution in [2.45, 2.75) is 0 Å². The van der Waals surface area contributed by atoms with Crippen molar-refractivity contribution < 1.29 is 0 Å². The van der Waals surface area contributed by atoms with Crippen LogP contribution in [-0.4, -0.2) is 29.0 Å². The van der Waals surface area contributed by atoms with Gasteiger partial charge in [-0.25, -0.2) is 9.97 Å². The van der Waals surface area contributed by atoms with Crippen LogP contribution in [0, 0.1) is 0 Å². The van der Waals surface area contributed by atoms with Gasteiger partial charge in [-0.15, -0.1) is 11.3 Å². The number of rotatable bonds is 2. The summed E-state index contributed by atoms with van der Waals surface area (Å²) < 4.78 is 0. The standard InChI is InChI=1S/C12H11ClN4S/c1-17(2)9-4-3-8-11(15-9)16-12(14-8)10-7(13)5-6-18-10/h3-6H,1-2H3,(H,14,15,16). The second-order valence-electron chi connectivity index (χ2n) is 4.12. The summed E-state index contributed by atoms with van der Waals surface area (Å²) in [7, 11) is 3.91. The summed E-state index contributed by atoms with van der Waals surface area (Å²) in [5.41, 5.74) is 1.63. The Morgan fingerprint density at radius 1 is 1.22 bits per heavy atom. The van der Waals surface area contributed by atoms with Gasteiger partial charge in [-0.05, 0) is 23.6 Å². The number of fused-ring (bicyclic) bond motifs is 1. The summed E-state index contributed by atoms with van der Waals surface area (Å²) >= 11 is 7.67. The van der Waals surface area contributed by atoms with Crippen molar-refractivity contribution in [2.24, 2.45) is 0 Å². The van der Waals surface area contributed by atoms with Gasteiger partial charge in [0.25, 0.3) is 0 Å². The van der Waals surface area contributed by atoms with Crippen LogP contribution < -0.4 is 4.90 Å². The molecule has 0 aliphatic rings. The fourth-order valence-electron chi connectivity index (χ4n) is 1.70. The summed E-state index contributed by atoms with van der Waals surface area (Å²) in [5.74, 6) is 1.66. The Kier molecular flexibility index (Phi) is 2.72. The van der Waals surface area contributed by atoms with Gasteiger partial charge in [0.15, 0.2) is 11.5 Å². The first kappa shape index (κ1) is 11.5. The highest BCUT2D eigenvalue weighted by Crippen LogP contribution is 2.32. The number of hydrogen-bond acceptors (Lipinski definition) is 4. The van der Waals surface area contributed by atoms with Crippen LogP contribution in [0.5, 0.6) is 0 Å². The molecule has 0 spiro atoms. The highest BCUT2D eigenvalue weighted by Gasteiger charge is 2.11. The van der Waals surface area contributed by atoms with Crippen LogP contribution in [0.1, 0.15) is 0 Å². The topological polar surface area (TPSA) is 44.8 Å². The van der Waals surface area contributed by atoms with Gasteiger partial charge >= 0.3 is 0 Å². The zero-order valence-electron chi connectivity index (χ0n) is 9.94. The largest absolute Gasteiger partial charge is 0.363 e. The number of aromatic amines is 1. The molecule has 1 N–H and O–H groups in total. The molecule has 0 aliphatic heterocycles. The third kappa shape index (κ3) is 1.85. The number of imidazole rings is 1. The van der Waals surface area contributed by atoms with E-state index in [0.717, 1.165) is 22.0 Å². The molecular formula is C12H11ClN4S. The van der Waals surface area contributed by atoms with E-state index in [-0.39, 0.29) is 0 Å². The second kappa shape index (κ2) is 4.26. The number of aromatic nitrogens is 3. The first-order valence-corrected chi connectivity index (χ1v) is 6.68. The Morgan fingerprint density at radius 2 is 2.06 bits per heavy atom. The van der Waals surface area contributed by atoms with E-state index in [1.165, 1.54) is 0 Å². The summed E-state index contributed by atoms with van der Waals surface area (Å²) in [6.45, 7) is 0. The molecule has 18 heavy (non-hydrogen) atoms. The number of hydrogen-bond donors (Lipinski definition) is 1. The number of pyridine rings is 1. The van der Waals surface area contributed by atoms with E-state index in [9.17, 15) is 0 Å². The first-order chi connectivity index (χ1) is 8.65. The number of nitrogens with one attached hydrogen (secondary N) is 1. The van der Waals surface area contributed by atoms with Crippen LogP contribution >= 0.6 is 22.9 Å². The Bertz CT molecular complexity index is 701. The van der Waals surface area contributed by atoms with E-state index in [1.807, 2.05) is 42.6 Å². The van der Waals surface area contributed by atoms with Crippen LogP contribution in [0.25, 0.3) is 21.9 Å². The lowest BCUT2D eigenvalue weighted by Gasteiger charge is -2.09. The lowest BCUT2D eigenvalue weighted by atomic mass is 10.4. The van der Waals surface area contributed by atoms with Crippen LogP contribution in [0.4, 0.5) is 5.82 Å². The molecule has 0 radical (unpaired) electrons. The highest BCUT2D eigenvalue weighted by molar-refractivity contribution is 7.14. The first-order valence-electron chi connectivity index (χ1n) is 5.42. The smallest absolute Gasteiger partial charge is 0.180 e. The Labute approximate surface area is 113 Å². The SMILES string of the molecule is CN(C)c1ccc2[nH]c(-c3sccc3Cl)nc2n1. The maximum atomic E-state index is 6.11. The molecule has 0 bridgehead atoms. The molecule has 0 saturated heterocycles. The Hall–Kier alpha value is -1.59. The average Bonchev–Trinajstić information content (AvgIpc) is 2.92. The number of thiophene rings is 1. The lowest BCUT2D eigenvalue weighted by Crippen LogP contribution is -2.10. The molecule has 0 fully saturated rings. The summed E-state index contributed by atoms with van der Waals surface area (Å²) in [4.78, 5) is 15.1. The maximum absolute atomic E-state index is 6.11. The van der Waals surface area contributed by atoms with Crippen molar-refractivity contribution in [3.8, 4) is 10.7 Å². The molecule has 0 amide bonds. The third-order valence-electron chi connectivity index (χ3n) is 2.62. The van der Waals surface area contributed by atoms with Gasteiger partial charge in [-0.1, -0.05) is 11.6 Å². The van der Waals surface area contributed by atoms with E-state index in [0.29, 0.717) is 10.7 Å². The Morgan fingerprint density at radius 3 is 2.72 bits per heavy atom. The van der Waals surface area contributed by atoms with E-state index < -0.39 is 0 Å². The van der Waals surface area contributed by atoms with Gasteiger partial charge in [0.2, 0.25) is 0 Å². The lowest BCUT2D eigenvalue weighted by molar-refractivity contribution is 1.08. The number of anilines is 1. The van der Waals surface area contributed by atoms with Gasteiger partial charge < -0.3 is 9.88 Å². The molecule has 0 aliphatic carbocycles. The molecule has 3 aromatic rings. The van der Waals surface area contributed by atoms with Crippen LogP contribution in [0.15, 0.2) is 23.6 Å². The molecule has 0 saturated carbocycles. The van der Waals surface area contributed by atoms with Crippen LogP contribution in [0.2, 0.25) is 5.02 Å². The molecule has 0 aromatic carbocycles. The quantitative estimate of drug-likeness (QED) is 0.781. The van der Waals surface area contributed by atoms with Gasteiger partial charge in [-0.2, -0.15) is 0 Å². The minimum Gasteiger partial charge on any atom is -0.363 e. The fourth-order valence-corrected chi connectivity index (χ4v) is 2.79. The zero-order chi connectivity index (χ0) is 12.7. The molecule has 6 heteroatoms. The molecule has 3 heterocycles. The van der Waals surface area contributed by atoms with E-state index >= 15 is 0 Å². The Balaban J connectivity index is 2.14. The monoisotopic (exact) mass is 278 g/mol. The zero-order valence-corrected chi connectivity index (χ0v) is 11.5. The van der Waals surface area contributed by atoms with Crippen molar-refractivity contribution in [1.82, 2.24) is 15.0 Å². The van der Waals surface area contributed by atoms with Crippen molar-refractivity contribution >= 4 is 39.9 Å². The predicted molar refractivity (Wildman–Crippen MR) is 76.5 cm³/mol. The third-order valence-corrected chi connectivity index (χ3v) is 3.97. The molecular weight excluding hydrogens is 268 g/mol. The molecule has 0 unspecified atom stereocenters. The van der Waals surface area contributed by atoms with E-state index in [4.69, 9.17) is 11.6 Å². The second-order valence-corrected chi connectivity index (χ2v) is 5.44. The summed E-state index contributed by atoms with van der Waals surface area (Å²) in [6.07, 6.45) is 0. The minimum atomic E-state index is 0.709. The molecule has 3 rings (SSSR count). The summed E-state index contributed by atoms with van der Waals surface area (Å²) in [5, 5.41) is 2.66. The van der Waals surface area contributed by atoms with Crippen molar-refractivity contribution in [3.63, 3.8) is 0 Å². The molecule has 0 atom stereocenters. The molecule has 92 valence electrons. The number of nitrogens with zero attached hydrogens (tertiary/aromatic N) is 3. The maximum Gasteiger partial charge on any atom is 0.180 e. The fraction of sp³-hybridized carbons (Fsp3) is 0.167.